The summed E-state index contributed by atoms with van der Waals surface area (Å²) in [5.74, 6) is 1.72. The van der Waals surface area contributed by atoms with Crippen LogP contribution in [0.15, 0.2) is 4.99 Å². The average molecular weight is 438 g/mol. The zero-order chi connectivity index (χ0) is 16.4. The van der Waals surface area contributed by atoms with Crippen molar-refractivity contribution in [3.8, 4) is 0 Å². The Morgan fingerprint density at radius 1 is 1.22 bits per heavy atom. The summed E-state index contributed by atoms with van der Waals surface area (Å²) in [5.41, 5.74) is 0.332. The van der Waals surface area contributed by atoms with Crippen LogP contribution in [-0.2, 0) is 0 Å². The monoisotopic (exact) mass is 438 g/mol. The van der Waals surface area contributed by atoms with Crippen LogP contribution in [0.5, 0.6) is 0 Å². The van der Waals surface area contributed by atoms with E-state index in [9.17, 15) is 0 Å². The van der Waals surface area contributed by atoms with Crippen LogP contribution in [0.1, 0.15) is 59.8 Å². The summed E-state index contributed by atoms with van der Waals surface area (Å²) in [7, 11) is 1.87. The molecule has 1 atom stereocenters. The van der Waals surface area contributed by atoms with Gasteiger partial charge in [0.2, 0.25) is 0 Å². The summed E-state index contributed by atoms with van der Waals surface area (Å²) in [6.45, 7) is 14.9. The van der Waals surface area contributed by atoms with Crippen molar-refractivity contribution in [2.45, 2.75) is 59.8 Å². The Labute approximate surface area is 161 Å². The predicted octanol–water partition coefficient (Wildman–Crippen LogP) is 3.72. The highest BCUT2D eigenvalue weighted by Crippen LogP contribution is 2.22. The molecule has 0 amide bonds. The van der Waals surface area contributed by atoms with Gasteiger partial charge in [0.15, 0.2) is 5.96 Å². The summed E-state index contributed by atoms with van der Waals surface area (Å²) in [6, 6.07) is 0. The van der Waals surface area contributed by atoms with Gasteiger partial charge in [-0.1, -0.05) is 47.0 Å². The number of guanidine groups is 1. The maximum atomic E-state index is 4.37. The molecule has 138 valence electrons. The normalized spacial score (nSPS) is 19.5. The number of nitrogens with zero attached hydrogens (tertiary/aromatic N) is 2. The third-order valence-corrected chi connectivity index (χ3v) is 4.79. The molecule has 0 radical (unpaired) electrons. The second-order valence-corrected chi connectivity index (χ2v) is 7.48. The number of hydrogen-bond donors (Lipinski definition) is 2. The maximum Gasteiger partial charge on any atom is 0.191 e. The van der Waals surface area contributed by atoms with Crippen LogP contribution >= 0.6 is 24.0 Å². The topological polar surface area (TPSA) is 39.7 Å². The lowest BCUT2D eigenvalue weighted by Gasteiger charge is -2.26. The molecular formula is C18H39IN4. The van der Waals surface area contributed by atoms with Gasteiger partial charge >= 0.3 is 0 Å². The molecule has 1 aliphatic heterocycles. The van der Waals surface area contributed by atoms with Gasteiger partial charge in [0.1, 0.15) is 0 Å². The highest BCUT2D eigenvalue weighted by molar-refractivity contribution is 14.0. The molecule has 1 saturated heterocycles. The smallest absolute Gasteiger partial charge is 0.191 e. The minimum atomic E-state index is 0. The summed E-state index contributed by atoms with van der Waals surface area (Å²) >= 11 is 0. The van der Waals surface area contributed by atoms with Crippen LogP contribution in [0, 0.1) is 11.3 Å². The summed E-state index contributed by atoms with van der Waals surface area (Å²) < 4.78 is 0. The van der Waals surface area contributed by atoms with Gasteiger partial charge in [0, 0.05) is 26.7 Å². The molecule has 0 aliphatic carbocycles. The Morgan fingerprint density at radius 2 is 1.96 bits per heavy atom. The number of aliphatic imine (C=N–C) groups is 1. The minimum absolute atomic E-state index is 0. The minimum Gasteiger partial charge on any atom is -0.356 e. The van der Waals surface area contributed by atoms with Crippen LogP contribution < -0.4 is 10.6 Å². The molecule has 23 heavy (non-hydrogen) atoms. The van der Waals surface area contributed by atoms with E-state index < -0.39 is 0 Å². The number of unbranched alkanes of at least 4 members (excludes halogenated alkanes) is 2. The van der Waals surface area contributed by atoms with Crippen molar-refractivity contribution in [3.05, 3.63) is 0 Å². The van der Waals surface area contributed by atoms with Crippen molar-refractivity contribution in [2.75, 3.05) is 39.8 Å². The quantitative estimate of drug-likeness (QED) is 0.250. The number of nitrogens with one attached hydrogen (secondary N) is 2. The SMILES string of the molecule is CCCCCC(C)(C)CNC(=NC)NCC1CCN(CC)C1.I. The van der Waals surface area contributed by atoms with E-state index >= 15 is 0 Å². The summed E-state index contributed by atoms with van der Waals surface area (Å²) in [4.78, 5) is 6.90. The fourth-order valence-electron chi connectivity index (χ4n) is 3.09. The molecule has 0 aromatic carbocycles. The zero-order valence-corrected chi connectivity index (χ0v) is 18.3. The molecule has 1 aliphatic rings. The Morgan fingerprint density at radius 3 is 2.52 bits per heavy atom. The van der Waals surface area contributed by atoms with Gasteiger partial charge in [-0.2, -0.15) is 0 Å². The molecule has 1 unspecified atom stereocenters. The molecular weight excluding hydrogens is 399 g/mol. The zero-order valence-electron chi connectivity index (χ0n) is 16.0. The van der Waals surface area contributed by atoms with Gasteiger partial charge < -0.3 is 15.5 Å². The van der Waals surface area contributed by atoms with Gasteiger partial charge in [-0.15, -0.1) is 24.0 Å². The van der Waals surface area contributed by atoms with Crippen molar-refractivity contribution in [1.82, 2.24) is 15.5 Å². The molecule has 1 fully saturated rings. The lowest BCUT2D eigenvalue weighted by atomic mass is 9.87. The van der Waals surface area contributed by atoms with Crippen molar-refractivity contribution in [1.29, 1.82) is 0 Å². The summed E-state index contributed by atoms with van der Waals surface area (Å²) in [5, 5.41) is 7.02. The van der Waals surface area contributed by atoms with E-state index in [0.29, 0.717) is 5.41 Å². The highest BCUT2D eigenvalue weighted by Gasteiger charge is 2.21. The maximum absolute atomic E-state index is 4.37. The van der Waals surface area contributed by atoms with E-state index in [0.717, 1.165) is 25.0 Å². The van der Waals surface area contributed by atoms with Crippen LogP contribution in [-0.4, -0.2) is 50.6 Å². The second kappa shape index (κ2) is 12.3. The van der Waals surface area contributed by atoms with E-state index in [2.05, 4.69) is 48.2 Å². The average Bonchev–Trinajstić information content (AvgIpc) is 2.95. The van der Waals surface area contributed by atoms with Crippen LogP contribution in [0.3, 0.4) is 0 Å². The standard InChI is InChI=1S/C18H38N4.HI/c1-6-8-9-11-18(3,4)15-21-17(19-5)20-13-16-10-12-22(7-2)14-16;/h16H,6-15H2,1-5H3,(H2,19,20,21);1H. The molecule has 1 rings (SSSR count). The largest absolute Gasteiger partial charge is 0.356 e. The molecule has 2 N–H and O–H groups in total. The van der Waals surface area contributed by atoms with E-state index in [1.165, 1.54) is 51.7 Å². The van der Waals surface area contributed by atoms with Gasteiger partial charge in [-0.05, 0) is 37.3 Å². The van der Waals surface area contributed by atoms with Crippen molar-refractivity contribution in [2.24, 2.45) is 16.3 Å². The third-order valence-electron chi connectivity index (χ3n) is 4.79. The first-order chi connectivity index (χ1) is 10.5. The first kappa shape index (κ1) is 23.0. The first-order valence-electron chi connectivity index (χ1n) is 9.17. The van der Waals surface area contributed by atoms with E-state index in [4.69, 9.17) is 0 Å². The molecule has 4 nitrogen and oxygen atoms in total. The van der Waals surface area contributed by atoms with Crippen molar-refractivity contribution >= 4 is 29.9 Å². The Bertz CT molecular complexity index is 331. The fourth-order valence-corrected chi connectivity index (χ4v) is 3.09. The molecule has 5 heteroatoms. The molecule has 0 aromatic heterocycles. The molecule has 0 aromatic rings. The first-order valence-corrected chi connectivity index (χ1v) is 9.17. The van der Waals surface area contributed by atoms with Crippen LogP contribution in [0.4, 0.5) is 0 Å². The number of likely N-dealkylation sites (tertiary alicyclic amines) is 1. The third kappa shape index (κ3) is 9.75. The molecule has 0 spiro atoms. The fraction of sp³-hybridized carbons (Fsp3) is 0.944. The van der Waals surface area contributed by atoms with Crippen molar-refractivity contribution in [3.63, 3.8) is 0 Å². The number of rotatable bonds is 9. The predicted molar refractivity (Wildman–Crippen MR) is 113 cm³/mol. The second-order valence-electron chi connectivity index (χ2n) is 7.48. The van der Waals surface area contributed by atoms with Gasteiger partial charge in [0.05, 0.1) is 0 Å². The molecule has 1 heterocycles. The number of hydrogen-bond acceptors (Lipinski definition) is 2. The van der Waals surface area contributed by atoms with Gasteiger partial charge in [-0.3, -0.25) is 4.99 Å². The Kier molecular flexibility index (Phi) is 12.3. The summed E-state index contributed by atoms with van der Waals surface area (Å²) in [6.07, 6.45) is 6.54. The lowest BCUT2D eigenvalue weighted by Crippen LogP contribution is -2.43. The van der Waals surface area contributed by atoms with Crippen molar-refractivity contribution < 1.29 is 0 Å². The lowest BCUT2D eigenvalue weighted by molar-refractivity contribution is 0.318. The van der Waals surface area contributed by atoms with E-state index in [1.54, 1.807) is 0 Å². The Hall–Kier alpha value is -0.0400. The highest BCUT2D eigenvalue weighted by atomic mass is 127. The molecule has 0 saturated carbocycles. The van der Waals surface area contributed by atoms with Crippen LogP contribution in [0.2, 0.25) is 0 Å². The Balaban J connectivity index is 0.00000484. The van der Waals surface area contributed by atoms with Gasteiger partial charge in [-0.25, -0.2) is 0 Å². The van der Waals surface area contributed by atoms with E-state index in [-0.39, 0.29) is 24.0 Å². The van der Waals surface area contributed by atoms with Crippen LogP contribution in [0.25, 0.3) is 0 Å². The molecule has 0 bridgehead atoms. The van der Waals surface area contributed by atoms with E-state index in [1.807, 2.05) is 7.05 Å². The number of halogens is 1. The van der Waals surface area contributed by atoms with Gasteiger partial charge in [0.25, 0.3) is 0 Å².